The molecule has 2 aromatic heterocycles. The van der Waals surface area contributed by atoms with E-state index in [0.717, 1.165) is 47.2 Å². The number of anilines is 3. The Morgan fingerprint density at radius 3 is 2.76 bits per heavy atom. The van der Waals surface area contributed by atoms with Gasteiger partial charge in [-0.25, -0.2) is 4.98 Å². The van der Waals surface area contributed by atoms with E-state index in [9.17, 15) is 4.79 Å². The Bertz CT molecular complexity index is 1480. The summed E-state index contributed by atoms with van der Waals surface area (Å²) in [6.45, 7) is 4.92. The van der Waals surface area contributed by atoms with Gasteiger partial charge in [0.05, 0.1) is 37.2 Å². The molecule has 4 heterocycles. The second-order valence-electron chi connectivity index (χ2n) is 9.45. The fourth-order valence-electron chi connectivity index (χ4n) is 5.34. The number of aromatic nitrogens is 3. The minimum absolute atomic E-state index is 0.0631. The van der Waals surface area contributed by atoms with Crippen LogP contribution in [0.4, 0.5) is 17.3 Å². The summed E-state index contributed by atoms with van der Waals surface area (Å²) in [4.78, 5) is 27.1. The third-order valence-corrected chi connectivity index (χ3v) is 7.30. The highest BCUT2D eigenvalue weighted by atomic mass is 16.5. The highest BCUT2D eigenvalue weighted by Crippen LogP contribution is 2.36. The van der Waals surface area contributed by atoms with Gasteiger partial charge in [-0.1, -0.05) is 24.3 Å². The maximum Gasteiger partial charge on any atom is 0.247 e. The van der Waals surface area contributed by atoms with Crippen LogP contribution >= 0.6 is 0 Å². The zero-order valence-corrected chi connectivity index (χ0v) is 21.3. The molecule has 0 radical (unpaired) electrons. The summed E-state index contributed by atoms with van der Waals surface area (Å²) < 4.78 is 13.4. The number of para-hydroxylation sites is 1. The van der Waals surface area contributed by atoms with Crippen LogP contribution in [0.1, 0.15) is 11.3 Å². The Kier molecular flexibility index (Phi) is 5.92. The van der Waals surface area contributed by atoms with Crippen molar-refractivity contribution in [2.24, 2.45) is 0 Å². The number of nitrogens with zero attached hydrogens (tertiary/aromatic N) is 5. The third-order valence-electron chi connectivity index (χ3n) is 7.30. The number of hydrogen-bond donors (Lipinski definition) is 1. The van der Waals surface area contributed by atoms with E-state index >= 15 is 0 Å². The molecule has 0 spiro atoms. The van der Waals surface area contributed by atoms with Crippen LogP contribution in [0.5, 0.6) is 5.75 Å². The number of aryl methyl sites for hydroxylation is 1. The number of methoxy groups -OCH3 is 1. The monoisotopic (exact) mass is 498 g/mol. The molecule has 2 aliphatic rings. The second-order valence-corrected chi connectivity index (χ2v) is 9.45. The van der Waals surface area contributed by atoms with Crippen molar-refractivity contribution in [1.82, 2.24) is 14.4 Å². The van der Waals surface area contributed by atoms with Gasteiger partial charge in [0.25, 0.3) is 0 Å². The molecule has 9 nitrogen and oxygen atoms in total. The summed E-state index contributed by atoms with van der Waals surface area (Å²) in [6, 6.07) is 13.7. The zero-order chi connectivity index (χ0) is 25.5. The minimum atomic E-state index is -0.274. The highest BCUT2D eigenvalue weighted by Gasteiger charge is 2.32. The van der Waals surface area contributed by atoms with Crippen LogP contribution in [-0.4, -0.2) is 66.8 Å². The molecule has 37 heavy (non-hydrogen) atoms. The maximum absolute atomic E-state index is 13.3. The van der Waals surface area contributed by atoms with Gasteiger partial charge in [0.15, 0.2) is 0 Å². The molecule has 4 aromatic rings. The van der Waals surface area contributed by atoms with Gasteiger partial charge >= 0.3 is 0 Å². The molecule has 2 aromatic carbocycles. The molecule has 1 unspecified atom stereocenters. The van der Waals surface area contributed by atoms with E-state index < -0.39 is 0 Å². The van der Waals surface area contributed by atoms with E-state index in [4.69, 9.17) is 14.5 Å². The van der Waals surface area contributed by atoms with Crippen molar-refractivity contribution < 1.29 is 14.3 Å². The Labute approximate surface area is 215 Å². The van der Waals surface area contributed by atoms with Gasteiger partial charge in [-0.15, -0.1) is 0 Å². The lowest BCUT2D eigenvalue weighted by Crippen LogP contribution is -2.39. The minimum Gasteiger partial charge on any atom is -0.495 e. The molecule has 0 bridgehead atoms. The average molecular weight is 499 g/mol. The number of nitrogens with one attached hydrogen (secondary N) is 1. The molecule has 1 atom stereocenters. The Hall–Kier alpha value is -4.11. The second kappa shape index (κ2) is 9.40. The number of ether oxygens (including phenoxy) is 2. The van der Waals surface area contributed by atoms with E-state index in [1.807, 2.05) is 55.4 Å². The molecule has 0 aliphatic carbocycles. The number of hydrogen-bond acceptors (Lipinski definition) is 7. The number of likely N-dealkylation sites (N-methyl/N-ethyl adjacent to an activating group) is 1. The lowest BCUT2D eigenvalue weighted by molar-refractivity contribution is -0.117. The molecule has 6 rings (SSSR count). The Morgan fingerprint density at radius 1 is 1.16 bits per heavy atom. The third kappa shape index (κ3) is 4.05. The first-order valence-corrected chi connectivity index (χ1v) is 12.5. The summed E-state index contributed by atoms with van der Waals surface area (Å²) in [7, 11) is 3.58. The lowest BCUT2D eigenvalue weighted by atomic mass is 10.1. The van der Waals surface area contributed by atoms with E-state index in [0.29, 0.717) is 31.1 Å². The standard InChI is InChI=1S/C28H30N6O3/c1-18-26-25(31-28(34(26)11-10-29-18)33-12-14-37-15-13-33)20-8-9-21(24(17-20)36-3)30-27(35)23-16-19-6-4-5-7-22(19)32(23)2/h4-11,17,23H,12-16H2,1-3H3,(H,30,35). The quantitative estimate of drug-likeness (QED) is 0.451. The van der Waals surface area contributed by atoms with Crippen LogP contribution in [0.2, 0.25) is 0 Å². The topological polar surface area (TPSA) is 84.2 Å². The first kappa shape index (κ1) is 23.3. The largest absolute Gasteiger partial charge is 0.495 e. The van der Waals surface area contributed by atoms with Gasteiger partial charge in [-0.2, -0.15) is 0 Å². The normalized spacial score (nSPS) is 17.2. The molecule has 1 amide bonds. The van der Waals surface area contributed by atoms with Crippen molar-refractivity contribution in [3.63, 3.8) is 0 Å². The lowest BCUT2D eigenvalue weighted by Gasteiger charge is -2.27. The summed E-state index contributed by atoms with van der Waals surface area (Å²) in [6.07, 6.45) is 4.43. The fraction of sp³-hybridized carbons (Fsp3) is 0.321. The van der Waals surface area contributed by atoms with Crippen LogP contribution in [0.25, 0.3) is 16.8 Å². The molecule has 1 N–H and O–H groups in total. The van der Waals surface area contributed by atoms with E-state index in [2.05, 4.69) is 31.7 Å². The van der Waals surface area contributed by atoms with Crippen molar-refractivity contribution >= 4 is 28.7 Å². The van der Waals surface area contributed by atoms with Crippen LogP contribution in [-0.2, 0) is 16.0 Å². The van der Waals surface area contributed by atoms with Gasteiger partial charge in [-0.3, -0.25) is 14.2 Å². The zero-order valence-electron chi connectivity index (χ0n) is 21.3. The molecular formula is C28H30N6O3. The van der Waals surface area contributed by atoms with Crippen molar-refractivity contribution in [3.8, 4) is 17.0 Å². The van der Waals surface area contributed by atoms with E-state index in [-0.39, 0.29) is 11.9 Å². The number of carbonyl (C=O) groups excluding carboxylic acids is 1. The Morgan fingerprint density at radius 2 is 1.97 bits per heavy atom. The molecule has 9 heteroatoms. The first-order valence-electron chi connectivity index (χ1n) is 12.5. The first-order chi connectivity index (χ1) is 18.0. The fourth-order valence-corrected chi connectivity index (χ4v) is 5.34. The van der Waals surface area contributed by atoms with E-state index in [1.165, 1.54) is 5.56 Å². The number of rotatable bonds is 5. The van der Waals surface area contributed by atoms with E-state index in [1.54, 1.807) is 13.3 Å². The van der Waals surface area contributed by atoms with Crippen LogP contribution in [0, 0.1) is 6.92 Å². The van der Waals surface area contributed by atoms with Gasteiger partial charge in [0, 0.05) is 50.2 Å². The van der Waals surface area contributed by atoms with Gasteiger partial charge in [0.1, 0.15) is 17.5 Å². The van der Waals surface area contributed by atoms with Gasteiger partial charge < -0.3 is 24.6 Å². The molecular weight excluding hydrogens is 468 g/mol. The van der Waals surface area contributed by atoms with Crippen LogP contribution in [0.3, 0.4) is 0 Å². The van der Waals surface area contributed by atoms with Crippen LogP contribution in [0.15, 0.2) is 54.9 Å². The highest BCUT2D eigenvalue weighted by molar-refractivity contribution is 6.00. The van der Waals surface area contributed by atoms with Gasteiger partial charge in [-0.05, 0) is 30.7 Å². The maximum atomic E-state index is 13.3. The van der Waals surface area contributed by atoms with Crippen molar-refractivity contribution in [2.75, 3.05) is 55.6 Å². The summed E-state index contributed by atoms with van der Waals surface area (Å²) in [5.41, 5.74) is 6.48. The predicted octanol–water partition coefficient (Wildman–Crippen LogP) is 3.55. The number of carbonyl (C=O) groups is 1. The summed E-state index contributed by atoms with van der Waals surface area (Å²) in [5.74, 6) is 1.39. The number of imidazole rings is 1. The van der Waals surface area contributed by atoms with Crippen LogP contribution < -0.4 is 19.9 Å². The summed E-state index contributed by atoms with van der Waals surface area (Å²) in [5, 5.41) is 3.09. The van der Waals surface area contributed by atoms with Crippen molar-refractivity contribution in [2.45, 2.75) is 19.4 Å². The Balaban J connectivity index is 1.32. The molecule has 1 saturated heterocycles. The molecule has 0 saturated carbocycles. The van der Waals surface area contributed by atoms with Crippen molar-refractivity contribution in [3.05, 3.63) is 66.1 Å². The number of amides is 1. The number of benzene rings is 2. The van der Waals surface area contributed by atoms with Gasteiger partial charge in [0.2, 0.25) is 11.9 Å². The van der Waals surface area contributed by atoms with Crippen molar-refractivity contribution in [1.29, 1.82) is 0 Å². The number of fused-ring (bicyclic) bond motifs is 2. The molecule has 1 fully saturated rings. The molecule has 190 valence electrons. The SMILES string of the molecule is COc1cc(-c2nc(N3CCOCC3)n3ccnc(C)c23)ccc1NC(=O)C1Cc2ccccc2N1C. The summed E-state index contributed by atoms with van der Waals surface area (Å²) >= 11 is 0. The average Bonchev–Trinajstić information content (AvgIpc) is 3.49. The predicted molar refractivity (Wildman–Crippen MR) is 144 cm³/mol. The number of morpholine rings is 1. The smallest absolute Gasteiger partial charge is 0.247 e. The molecule has 2 aliphatic heterocycles.